The molecule has 2 atom stereocenters. The van der Waals surface area contributed by atoms with Crippen molar-refractivity contribution < 1.29 is 8.42 Å². The second-order valence-electron chi connectivity index (χ2n) is 7.74. The van der Waals surface area contributed by atoms with Crippen molar-refractivity contribution in [1.29, 1.82) is 0 Å². The Morgan fingerprint density at radius 2 is 1.65 bits per heavy atom. The molecule has 0 spiro atoms. The van der Waals surface area contributed by atoms with Gasteiger partial charge in [0.15, 0.2) is 0 Å². The molecule has 1 saturated carbocycles. The van der Waals surface area contributed by atoms with Gasteiger partial charge in [0.05, 0.1) is 0 Å². The SMILES string of the molecule is C=CC(c1ccccc1)N([Se][C]1[CH][CH][CH][C]1[C@@H](C)N(C)C)S(=O)(=O)c1ccc(C)cc1. The average molecular weight is 501 g/mol. The molecular formula is C25H29N2O2SSe. The first kappa shape index (κ1) is 24.2. The predicted molar refractivity (Wildman–Crippen MR) is 128 cm³/mol. The van der Waals surface area contributed by atoms with Crippen molar-refractivity contribution >= 4 is 25.2 Å². The van der Waals surface area contributed by atoms with E-state index >= 15 is 0 Å². The molecular weight excluding hydrogens is 471 g/mol. The number of hydrogen-bond acceptors (Lipinski definition) is 3. The summed E-state index contributed by atoms with van der Waals surface area (Å²) < 4.78 is 29.3. The fourth-order valence-electron chi connectivity index (χ4n) is 3.28. The fraction of sp³-hybridized carbons (Fsp3) is 0.240. The van der Waals surface area contributed by atoms with Crippen LogP contribution in [-0.4, -0.2) is 52.0 Å². The van der Waals surface area contributed by atoms with Crippen molar-refractivity contribution in [3.8, 4) is 0 Å². The van der Waals surface area contributed by atoms with Crippen LogP contribution in [0.25, 0.3) is 0 Å². The number of hydrogen-bond donors (Lipinski definition) is 0. The first-order valence-electron chi connectivity index (χ1n) is 10.1. The standard InChI is InChI=1S/C25H29N2O2SSe/c1-6-24(21-11-8-7-9-12-21)27(30(28,29)22-17-15-19(2)16-18-22)31-25-14-10-13-23(25)20(3)26(4)5/h6-18,20,24H,1H2,2-5H3/t20-,24?/m1/s1. The van der Waals surface area contributed by atoms with Gasteiger partial charge in [-0.3, -0.25) is 0 Å². The second kappa shape index (κ2) is 10.5. The Morgan fingerprint density at radius 3 is 2.23 bits per heavy atom. The van der Waals surface area contributed by atoms with E-state index in [1.807, 2.05) is 76.3 Å². The Kier molecular flexibility index (Phi) is 8.17. The molecule has 0 saturated heterocycles. The third-order valence-corrected chi connectivity index (χ3v) is 10.6. The van der Waals surface area contributed by atoms with Crippen molar-refractivity contribution in [2.75, 3.05) is 14.1 Å². The molecule has 1 aliphatic rings. The predicted octanol–water partition coefficient (Wildman–Crippen LogP) is 4.22. The van der Waals surface area contributed by atoms with E-state index in [0.717, 1.165) is 21.9 Å². The van der Waals surface area contributed by atoms with Crippen LogP contribution < -0.4 is 0 Å². The molecule has 4 nitrogen and oxygen atoms in total. The van der Waals surface area contributed by atoms with Crippen LogP contribution in [0.15, 0.2) is 72.1 Å². The summed E-state index contributed by atoms with van der Waals surface area (Å²) in [5.41, 5.74) is 1.93. The molecule has 0 heterocycles. The Labute approximate surface area is 194 Å². The van der Waals surface area contributed by atoms with E-state index in [2.05, 4.69) is 24.8 Å². The zero-order valence-electron chi connectivity index (χ0n) is 18.4. The van der Waals surface area contributed by atoms with Gasteiger partial charge in [0.25, 0.3) is 0 Å². The zero-order valence-corrected chi connectivity index (χ0v) is 20.9. The first-order chi connectivity index (χ1) is 14.8. The van der Waals surface area contributed by atoms with Gasteiger partial charge in [-0.2, -0.15) is 0 Å². The van der Waals surface area contributed by atoms with E-state index in [1.165, 1.54) is 0 Å². The van der Waals surface area contributed by atoms with Gasteiger partial charge >= 0.3 is 195 Å². The van der Waals surface area contributed by atoms with Gasteiger partial charge in [-0.25, -0.2) is 0 Å². The minimum absolute atomic E-state index is 0.190. The maximum absolute atomic E-state index is 13.8. The summed E-state index contributed by atoms with van der Waals surface area (Å²) in [5, 5.41) is 0. The van der Waals surface area contributed by atoms with E-state index in [-0.39, 0.29) is 6.04 Å². The summed E-state index contributed by atoms with van der Waals surface area (Å²) in [6.07, 6.45) is 7.86. The van der Waals surface area contributed by atoms with Gasteiger partial charge < -0.3 is 0 Å². The van der Waals surface area contributed by atoms with Gasteiger partial charge in [-0.1, -0.05) is 0 Å². The Morgan fingerprint density at radius 1 is 1.00 bits per heavy atom. The topological polar surface area (TPSA) is 40.6 Å². The van der Waals surface area contributed by atoms with E-state index in [4.69, 9.17) is 0 Å². The Bertz CT molecular complexity index is 961. The Balaban J connectivity index is 2.02. The molecule has 1 fully saturated rings. The number of benzene rings is 2. The molecule has 163 valence electrons. The van der Waals surface area contributed by atoms with Crippen LogP contribution in [-0.2, 0) is 10.0 Å². The maximum atomic E-state index is 13.8. The molecule has 2 aromatic rings. The molecule has 1 unspecified atom stereocenters. The van der Waals surface area contributed by atoms with Crippen LogP contribution in [0.4, 0.5) is 0 Å². The summed E-state index contributed by atoms with van der Waals surface area (Å²) in [4.78, 5) is 3.50. The third kappa shape index (κ3) is 5.50. The van der Waals surface area contributed by atoms with Crippen LogP contribution >= 0.6 is 0 Å². The number of rotatable bonds is 9. The van der Waals surface area contributed by atoms with Crippen LogP contribution in [0.1, 0.15) is 24.1 Å². The quantitative estimate of drug-likeness (QED) is 0.383. The van der Waals surface area contributed by atoms with Crippen molar-refractivity contribution in [2.45, 2.75) is 30.8 Å². The normalized spacial score (nSPS) is 17.9. The monoisotopic (exact) mass is 501 g/mol. The summed E-state index contributed by atoms with van der Waals surface area (Å²) >= 11 is -0.471. The van der Waals surface area contributed by atoms with E-state index < -0.39 is 31.2 Å². The van der Waals surface area contributed by atoms with Crippen molar-refractivity contribution in [3.63, 3.8) is 0 Å². The van der Waals surface area contributed by atoms with Crippen LogP contribution in [0.3, 0.4) is 0 Å². The summed E-state index contributed by atoms with van der Waals surface area (Å²) in [7, 11) is 0.327. The minimum atomic E-state index is -3.74. The van der Waals surface area contributed by atoms with Gasteiger partial charge in [0.2, 0.25) is 0 Å². The molecule has 0 aromatic heterocycles. The molecule has 0 bridgehead atoms. The average Bonchev–Trinajstić information content (AvgIpc) is 3.22. The molecule has 1 aliphatic carbocycles. The van der Waals surface area contributed by atoms with Crippen LogP contribution in [0, 0.1) is 36.9 Å². The molecule has 2 aromatic carbocycles. The van der Waals surface area contributed by atoms with Crippen molar-refractivity contribution in [3.05, 3.63) is 108 Å². The number of sulfonamides is 1. The third-order valence-electron chi connectivity index (χ3n) is 5.37. The van der Waals surface area contributed by atoms with Crippen LogP contribution in [0.5, 0.6) is 0 Å². The van der Waals surface area contributed by atoms with Crippen LogP contribution in [0.2, 0.25) is 0 Å². The summed E-state index contributed by atoms with van der Waals surface area (Å²) in [5.74, 6) is 1.16. The Hall–Kier alpha value is -1.43. The molecule has 6 heteroatoms. The molecule has 3 rings (SSSR count). The second-order valence-corrected chi connectivity index (χ2v) is 12.2. The van der Waals surface area contributed by atoms with E-state index in [1.54, 1.807) is 21.5 Å². The first-order valence-corrected chi connectivity index (χ1v) is 13.2. The zero-order chi connectivity index (χ0) is 22.6. The number of nitrogens with zero attached hydrogens (tertiary/aromatic N) is 2. The van der Waals surface area contributed by atoms with Gasteiger partial charge in [0, 0.05) is 0 Å². The molecule has 31 heavy (non-hydrogen) atoms. The van der Waals surface area contributed by atoms with E-state index in [0.29, 0.717) is 4.90 Å². The van der Waals surface area contributed by atoms with Crippen molar-refractivity contribution in [2.24, 2.45) is 0 Å². The van der Waals surface area contributed by atoms with Gasteiger partial charge in [0.1, 0.15) is 0 Å². The van der Waals surface area contributed by atoms with E-state index in [9.17, 15) is 8.42 Å². The summed E-state index contributed by atoms with van der Waals surface area (Å²) in [6.45, 7) is 8.08. The summed E-state index contributed by atoms with van der Waals surface area (Å²) in [6, 6.07) is 16.5. The van der Waals surface area contributed by atoms with Gasteiger partial charge in [-0.05, 0) is 0 Å². The molecule has 0 amide bonds. The number of aryl methyl sites for hydroxylation is 1. The molecule has 5 radical (unpaired) electrons. The molecule has 0 aliphatic heterocycles. The molecule has 0 N–H and O–H groups in total. The fourth-order valence-corrected chi connectivity index (χ4v) is 8.25. The van der Waals surface area contributed by atoms with Gasteiger partial charge in [-0.15, -0.1) is 0 Å². The van der Waals surface area contributed by atoms with Crippen molar-refractivity contribution in [1.82, 2.24) is 8.22 Å².